The molecule has 0 unspecified atom stereocenters. The van der Waals surface area contributed by atoms with E-state index >= 15 is 0 Å². The number of rotatable bonds is 4. The summed E-state index contributed by atoms with van der Waals surface area (Å²) in [5, 5.41) is 8.17. The van der Waals surface area contributed by atoms with Gasteiger partial charge in [0.15, 0.2) is 0 Å². The first kappa shape index (κ1) is 21.3. The standard InChI is InChI=1S/C21H20BrCl2N3S2/c1-13(14-7-8-16(23)17(24)11-14)26-27-18(19-9-10-20(22)29-19)12-28-21(27)25-15-5-3-2-4-6-15/h7-12,15H,2-6H2,1H3. The van der Waals surface area contributed by atoms with Crippen molar-refractivity contribution in [2.45, 2.75) is 45.1 Å². The number of hydrogen-bond donors (Lipinski definition) is 0. The largest absolute Gasteiger partial charge is 0.254 e. The smallest absolute Gasteiger partial charge is 0.206 e. The summed E-state index contributed by atoms with van der Waals surface area (Å²) in [5.74, 6) is 0. The average Bonchev–Trinajstić information content (AvgIpc) is 3.31. The Balaban J connectivity index is 1.81. The van der Waals surface area contributed by atoms with Crippen LogP contribution in [0.3, 0.4) is 0 Å². The lowest BCUT2D eigenvalue weighted by Crippen LogP contribution is -2.19. The van der Waals surface area contributed by atoms with E-state index in [1.807, 2.05) is 23.7 Å². The van der Waals surface area contributed by atoms with Gasteiger partial charge in [-0.1, -0.05) is 48.5 Å². The molecule has 8 heteroatoms. The summed E-state index contributed by atoms with van der Waals surface area (Å²) in [4.78, 5) is 7.17. The Morgan fingerprint density at radius 1 is 1.10 bits per heavy atom. The predicted octanol–water partition coefficient (Wildman–Crippen LogP) is 7.85. The molecule has 3 aromatic rings. The van der Waals surface area contributed by atoms with Gasteiger partial charge in [0.2, 0.25) is 4.80 Å². The fourth-order valence-electron chi connectivity index (χ4n) is 3.40. The molecule has 2 heterocycles. The van der Waals surface area contributed by atoms with Gasteiger partial charge in [-0.3, -0.25) is 4.99 Å². The molecule has 1 saturated carbocycles. The van der Waals surface area contributed by atoms with Crippen LogP contribution in [-0.4, -0.2) is 16.4 Å². The molecule has 0 atom stereocenters. The molecule has 0 bridgehead atoms. The molecule has 0 N–H and O–H groups in total. The molecule has 1 aliphatic rings. The third-order valence-electron chi connectivity index (χ3n) is 4.97. The van der Waals surface area contributed by atoms with Crippen LogP contribution in [0.4, 0.5) is 0 Å². The predicted molar refractivity (Wildman–Crippen MR) is 130 cm³/mol. The van der Waals surface area contributed by atoms with E-state index in [0.29, 0.717) is 16.1 Å². The lowest BCUT2D eigenvalue weighted by atomic mass is 9.96. The van der Waals surface area contributed by atoms with Gasteiger partial charge in [0.25, 0.3) is 0 Å². The van der Waals surface area contributed by atoms with E-state index in [1.54, 1.807) is 28.7 Å². The van der Waals surface area contributed by atoms with Crippen molar-refractivity contribution in [3.05, 3.63) is 59.9 Å². The fourth-order valence-corrected chi connectivity index (χ4v) is 6.06. The van der Waals surface area contributed by atoms with Gasteiger partial charge in [-0.05, 0) is 65.5 Å². The average molecular weight is 529 g/mol. The van der Waals surface area contributed by atoms with Gasteiger partial charge in [0, 0.05) is 5.38 Å². The normalized spacial score (nSPS) is 16.6. The second-order valence-corrected chi connectivity index (χ2v) is 11.2. The summed E-state index contributed by atoms with van der Waals surface area (Å²) in [6.07, 6.45) is 6.16. The Labute approximate surface area is 196 Å². The quantitative estimate of drug-likeness (QED) is 0.308. The van der Waals surface area contributed by atoms with Gasteiger partial charge in [-0.25, -0.2) is 4.68 Å². The van der Waals surface area contributed by atoms with E-state index in [4.69, 9.17) is 33.3 Å². The Hall–Kier alpha value is -0.920. The zero-order valence-electron chi connectivity index (χ0n) is 15.9. The van der Waals surface area contributed by atoms with E-state index in [2.05, 4.69) is 33.4 Å². The highest BCUT2D eigenvalue weighted by Crippen LogP contribution is 2.32. The van der Waals surface area contributed by atoms with Crippen molar-refractivity contribution >= 4 is 67.5 Å². The van der Waals surface area contributed by atoms with Crippen LogP contribution in [0.25, 0.3) is 10.6 Å². The van der Waals surface area contributed by atoms with Gasteiger partial charge >= 0.3 is 0 Å². The van der Waals surface area contributed by atoms with Gasteiger partial charge < -0.3 is 0 Å². The summed E-state index contributed by atoms with van der Waals surface area (Å²) in [6.45, 7) is 1.99. The number of nitrogens with zero attached hydrogens (tertiary/aromatic N) is 3. The van der Waals surface area contributed by atoms with E-state index in [0.717, 1.165) is 43.3 Å². The van der Waals surface area contributed by atoms with Crippen LogP contribution < -0.4 is 4.80 Å². The highest BCUT2D eigenvalue weighted by molar-refractivity contribution is 9.11. The number of aromatic nitrogens is 1. The van der Waals surface area contributed by atoms with Crippen LogP contribution in [0, 0.1) is 0 Å². The molecule has 152 valence electrons. The molecule has 0 spiro atoms. The maximum atomic E-state index is 6.22. The van der Waals surface area contributed by atoms with Crippen LogP contribution in [0.2, 0.25) is 10.0 Å². The summed E-state index contributed by atoms with van der Waals surface area (Å²) in [7, 11) is 0. The fraction of sp³-hybridized carbons (Fsp3) is 0.333. The molecule has 2 aromatic heterocycles. The van der Waals surface area contributed by atoms with Crippen molar-refractivity contribution in [3.63, 3.8) is 0 Å². The minimum absolute atomic E-state index is 0.386. The molecule has 29 heavy (non-hydrogen) atoms. The van der Waals surface area contributed by atoms with E-state index < -0.39 is 0 Å². The van der Waals surface area contributed by atoms with Crippen LogP contribution in [-0.2, 0) is 0 Å². The molecule has 4 rings (SSSR count). The number of halogens is 3. The van der Waals surface area contributed by atoms with Gasteiger partial charge in [-0.15, -0.1) is 22.7 Å². The SMILES string of the molecule is CC(=Nn1c(-c2ccc(Br)s2)csc1=NC1CCCCC1)c1ccc(Cl)c(Cl)c1. The third-order valence-corrected chi connectivity index (χ3v) is 8.18. The Kier molecular flexibility index (Phi) is 6.97. The molecule has 3 nitrogen and oxygen atoms in total. The van der Waals surface area contributed by atoms with Crippen molar-refractivity contribution in [1.29, 1.82) is 0 Å². The number of benzene rings is 1. The molecular formula is C21H20BrCl2N3S2. The Morgan fingerprint density at radius 3 is 2.59 bits per heavy atom. The number of thiophene rings is 1. The van der Waals surface area contributed by atoms with Crippen LogP contribution in [0.5, 0.6) is 0 Å². The van der Waals surface area contributed by atoms with Crippen LogP contribution in [0.15, 0.2) is 49.6 Å². The topological polar surface area (TPSA) is 29.6 Å². The highest BCUT2D eigenvalue weighted by atomic mass is 79.9. The van der Waals surface area contributed by atoms with Crippen molar-refractivity contribution in [2.24, 2.45) is 10.1 Å². The maximum Gasteiger partial charge on any atom is 0.206 e. The first-order valence-corrected chi connectivity index (χ1v) is 12.8. The Morgan fingerprint density at radius 2 is 1.90 bits per heavy atom. The lowest BCUT2D eigenvalue weighted by molar-refractivity contribution is 0.435. The minimum Gasteiger partial charge on any atom is -0.254 e. The maximum absolute atomic E-state index is 6.22. The van der Waals surface area contributed by atoms with Crippen LogP contribution >= 0.6 is 61.8 Å². The van der Waals surface area contributed by atoms with E-state index in [9.17, 15) is 0 Å². The van der Waals surface area contributed by atoms with Crippen molar-refractivity contribution in [2.75, 3.05) is 0 Å². The van der Waals surface area contributed by atoms with Gasteiger partial charge in [-0.2, -0.15) is 5.10 Å². The molecule has 0 saturated heterocycles. The van der Waals surface area contributed by atoms with Gasteiger partial charge in [0.1, 0.15) is 0 Å². The molecule has 0 radical (unpaired) electrons. The zero-order chi connectivity index (χ0) is 20.4. The highest BCUT2D eigenvalue weighted by Gasteiger charge is 2.15. The van der Waals surface area contributed by atoms with Crippen molar-refractivity contribution in [1.82, 2.24) is 4.68 Å². The van der Waals surface area contributed by atoms with Gasteiger partial charge in [0.05, 0.1) is 36.2 Å². The second-order valence-electron chi connectivity index (χ2n) is 7.05. The second kappa shape index (κ2) is 9.48. The summed E-state index contributed by atoms with van der Waals surface area (Å²) in [5.41, 5.74) is 2.86. The zero-order valence-corrected chi connectivity index (χ0v) is 20.6. The summed E-state index contributed by atoms with van der Waals surface area (Å²) >= 11 is 19.2. The third kappa shape index (κ3) is 5.05. The molecule has 1 fully saturated rings. The Bertz CT molecular complexity index is 1110. The minimum atomic E-state index is 0.386. The molecule has 1 aromatic carbocycles. The summed E-state index contributed by atoms with van der Waals surface area (Å²) < 4.78 is 3.08. The first-order chi connectivity index (χ1) is 14.0. The first-order valence-electron chi connectivity index (χ1n) is 9.52. The molecule has 0 amide bonds. The van der Waals surface area contributed by atoms with E-state index in [1.165, 1.54) is 19.3 Å². The number of thiazole rings is 1. The number of hydrogen-bond acceptors (Lipinski definition) is 4. The molecule has 1 aliphatic carbocycles. The molecule has 0 aliphatic heterocycles. The molecular weight excluding hydrogens is 509 g/mol. The lowest BCUT2D eigenvalue weighted by Gasteiger charge is -2.17. The summed E-state index contributed by atoms with van der Waals surface area (Å²) in [6, 6.07) is 10.2. The van der Waals surface area contributed by atoms with Crippen molar-refractivity contribution < 1.29 is 0 Å². The monoisotopic (exact) mass is 527 g/mol. The van der Waals surface area contributed by atoms with Crippen LogP contribution in [0.1, 0.15) is 44.6 Å². The van der Waals surface area contributed by atoms with E-state index in [-0.39, 0.29) is 0 Å². The van der Waals surface area contributed by atoms with Crippen molar-refractivity contribution in [3.8, 4) is 10.6 Å².